The standard InChI is InChI=1S/C14H16N2O4/c17-13(16-12-7-20-6-10(12)14(18)19)9-2-1-8-3-4-15-11(8)5-9/h1-2,5,10,12,15H,3-4,6-7H2,(H,16,17)(H,18,19). The number of ether oxygens (including phenoxy) is 1. The van der Waals surface area contributed by atoms with E-state index in [1.807, 2.05) is 12.1 Å². The number of nitrogens with one attached hydrogen (secondary N) is 2. The molecule has 3 rings (SSSR count). The first-order valence-corrected chi connectivity index (χ1v) is 6.63. The van der Waals surface area contributed by atoms with Gasteiger partial charge in [0.05, 0.1) is 19.3 Å². The second-order valence-corrected chi connectivity index (χ2v) is 5.11. The summed E-state index contributed by atoms with van der Waals surface area (Å²) >= 11 is 0. The van der Waals surface area contributed by atoms with Gasteiger partial charge in [0.2, 0.25) is 0 Å². The summed E-state index contributed by atoms with van der Waals surface area (Å²) in [6.45, 7) is 1.27. The molecule has 20 heavy (non-hydrogen) atoms. The number of rotatable bonds is 3. The molecule has 2 heterocycles. The smallest absolute Gasteiger partial charge is 0.311 e. The average Bonchev–Trinajstić information content (AvgIpc) is 3.05. The number of carbonyl (C=O) groups is 2. The first-order valence-electron chi connectivity index (χ1n) is 6.63. The highest BCUT2D eigenvalue weighted by molar-refractivity contribution is 5.96. The molecular formula is C14H16N2O4. The molecule has 6 nitrogen and oxygen atoms in total. The minimum Gasteiger partial charge on any atom is -0.481 e. The van der Waals surface area contributed by atoms with Crippen LogP contribution in [0.4, 0.5) is 5.69 Å². The van der Waals surface area contributed by atoms with Crippen molar-refractivity contribution >= 4 is 17.6 Å². The summed E-state index contributed by atoms with van der Waals surface area (Å²) in [7, 11) is 0. The summed E-state index contributed by atoms with van der Waals surface area (Å²) in [5.74, 6) is -1.88. The molecule has 1 aromatic carbocycles. The molecule has 3 N–H and O–H groups in total. The molecule has 2 aliphatic heterocycles. The van der Waals surface area contributed by atoms with Crippen LogP contribution in [0.1, 0.15) is 15.9 Å². The summed E-state index contributed by atoms with van der Waals surface area (Å²) in [6, 6.07) is 5.04. The van der Waals surface area contributed by atoms with Gasteiger partial charge in [0.1, 0.15) is 5.92 Å². The van der Waals surface area contributed by atoms with Gasteiger partial charge in [-0.25, -0.2) is 0 Å². The topological polar surface area (TPSA) is 87.7 Å². The molecule has 2 unspecified atom stereocenters. The number of carboxylic acids is 1. The van der Waals surface area contributed by atoms with E-state index in [-0.39, 0.29) is 19.1 Å². The number of hydrogen-bond donors (Lipinski definition) is 3. The average molecular weight is 276 g/mol. The molecule has 1 aromatic rings. The first kappa shape index (κ1) is 12.9. The molecule has 106 valence electrons. The summed E-state index contributed by atoms with van der Waals surface area (Å²) < 4.78 is 5.13. The Morgan fingerprint density at radius 1 is 1.35 bits per heavy atom. The van der Waals surface area contributed by atoms with Crippen molar-refractivity contribution in [2.24, 2.45) is 5.92 Å². The third-order valence-corrected chi connectivity index (χ3v) is 3.80. The molecule has 0 saturated carbocycles. The Morgan fingerprint density at radius 2 is 2.20 bits per heavy atom. The number of carbonyl (C=O) groups excluding carboxylic acids is 1. The van der Waals surface area contributed by atoms with Gasteiger partial charge in [0.25, 0.3) is 5.91 Å². The van der Waals surface area contributed by atoms with Crippen molar-refractivity contribution in [3.05, 3.63) is 29.3 Å². The van der Waals surface area contributed by atoms with Crippen LogP contribution in [0.3, 0.4) is 0 Å². The van der Waals surface area contributed by atoms with Crippen molar-refractivity contribution < 1.29 is 19.4 Å². The number of fused-ring (bicyclic) bond motifs is 1. The van der Waals surface area contributed by atoms with E-state index >= 15 is 0 Å². The maximum Gasteiger partial charge on any atom is 0.311 e. The van der Waals surface area contributed by atoms with Gasteiger partial charge in [-0.3, -0.25) is 9.59 Å². The molecule has 0 radical (unpaired) electrons. The Bertz CT molecular complexity index is 558. The van der Waals surface area contributed by atoms with Gasteiger partial charge in [-0.2, -0.15) is 0 Å². The zero-order chi connectivity index (χ0) is 14.1. The van der Waals surface area contributed by atoms with Crippen molar-refractivity contribution in [3.8, 4) is 0 Å². The Morgan fingerprint density at radius 3 is 3.00 bits per heavy atom. The van der Waals surface area contributed by atoms with Crippen LogP contribution in [-0.4, -0.2) is 42.8 Å². The third kappa shape index (κ3) is 2.34. The van der Waals surface area contributed by atoms with Crippen molar-refractivity contribution in [1.29, 1.82) is 0 Å². The van der Waals surface area contributed by atoms with Gasteiger partial charge < -0.3 is 20.5 Å². The number of aliphatic carboxylic acids is 1. The highest BCUT2D eigenvalue weighted by Gasteiger charge is 2.35. The number of carboxylic acid groups (broad SMARTS) is 1. The van der Waals surface area contributed by atoms with E-state index in [0.29, 0.717) is 5.56 Å². The van der Waals surface area contributed by atoms with Crippen LogP contribution >= 0.6 is 0 Å². The summed E-state index contributed by atoms with van der Waals surface area (Å²) in [6.07, 6.45) is 0.967. The predicted octanol–water partition coefficient (Wildman–Crippen LogP) is 0.484. The van der Waals surface area contributed by atoms with Gasteiger partial charge in [0, 0.05) is 17.8 Å². The maximum absolute atomic E-state index is 12.2. The van der Waals surface area contributed by atoms with Crippen molar-refractivity contribution in [2.75, 3.05) is 25.1 Å². The fourth-order valence-corrected chi connectivity index (χ4v) is 2.62. The molecular weight excluding hydrogens is 260 g/mol. The minimum absolute atomic E-state index is 0.145. The minimum atomic E-state index is -0.941. The zero-order valence-corrected chi connectivity index (χ0v) is 10.9. The number of amides is 1. The Balaban J connectivity index is 1.71. The zero-order valence-electron chi connectivity index (χ0n) is 10.9. The summed E-state index contributed by atoms with van der Waals surface area (Å²) in [5, 5.41) is 15.0. The fourth-order valence-electron chi connectivity index (χ4n) is 2.62. The lowest BCUT2D eigenvalue weighted by Crippen LogP contribution is -2.42. The van der Waals surface area contributed by atoms with Crippen LogP contribution in [0.2, 0.25) is 0 Å². The SMILES string of the molecule is O=C(NC1COCC1C(=O)O)c1ccc2c(c1)NCC2. The molecule has 0 aliphatic carbocycles. The lowest BCUT2D eigenvalue weighted by atomic mass is 10.0. The second kappa shape index (κ2) is 5.13. The van der Waals surface area contributed by atoms with Gasteiger partial charge in [-0.15, -0.1) is 0 Å². The van der Waals surface area contributed by atoms with Gasteiger partial charge in [-0.1, -0.05) is 6.07 Å². The number of hydrogen-bond acceptors (Lipinski definition) is 4. The van der Waals surface area contributed by atoms with E-state index in [4.69, 9.17) is 9.84 Å². The largest absolute Gasteiger partial charge is 0.481 e. The van der Waals surface area contributed by atoms with Crippen LogP contribution in [0.5, 0.6) is 0 Å². The van der Waals surface area contributed by atoms with Gasteiger partial charge in [0.15, 0.2) is 0 Å². The monoisotopic (exact) mass is 276 g/mol. The molecule has 1 fully saturated rings. The Kier molecular flexibility index (Phi) is 3.31. The predicted molar refractivity (Wildman–Crippen MR) is 71.8 cm³/mol. The van der Waals surface area contributed by atoms with E-state index in [1.54, 1.807) is 6.07 Å². The normalized spacial score (nSPS) is 24.0. The lowest BCUT2D eigenvalue weighted by molar-refractivity contribution is -0.142. The summed E-state index contributed by atoms with van der Waals surface area (Å²) in [5.41, 5.74) is 2.72. The van der Waals surface area contributed by atoms with Crippen molar-refractivity contribution in [2.45, 2.75) is 12.5 Å². The quantitative estimate of drug-likeness (QED) is 0.747. The third-order valence-electron chi connectivity index (χ3n) is 3.80. The van der Waals surface area contributed by atoms with Gasteiger partial charge >= 0.3 is 5.97 Å². The number of benzene rings is 1. The van der Waals surface area contributed by atoms with Crippen molar-refractivity contribution in [1.82, 2.24) is 5.32 Å². The van der Waals surface area contributed by atoms with Gasteiger partial charge in [-0.05, 0) is 24.1 Å². The highest BCUT2D eigenvalue weighted by Crippen LogP contribution is 2.23. The first-order chi connectivity index (χ1) is 9.65. The molecule has 2 aliphatic rings. The summed E-state index contributed by atoms with van der Waals surface area (Å²) in [4.78, 5) is 23.2. The molecule has 0 spiro atoms. The van der Waals surface area contributed by atoms with Crippen LogP contribution < -0.4 is 10.6 Å². The molecule has 1 amide bonds. The van der Waals surface area contributed by atoms with Crippen LogP contribution in [-0.2, 0) is 16.0 Å². The van der Waals surface area contributed by atoms with E-state index < -0.39 is 17.9 Å². The van der Waals surface area contributed by atoms with E-state index in [2.05, 4.69) is 10.6 Å². The van der Waals surface area contributed by atoms with Crippen LogP contribution in [0, 0.1) is 5.92 Å². The van der Waals surface area contributed by atoms with E-state index in [1.165, 1.54) is 5.56 Å². The lowest BCUT2D eigenvalue weighted by Gasteiger charge is -2.16. The van der Waals surface area contributed by atoms with E-state index in [0.717, 1.165) is 18.7 Å². The Hall–Kier alpha value is -2.08. The molecule has 0 aromatic heterocycles. The molecule has 2 atom stereocenters. The van der Waals surface area contributed by atoms with Crippen LogP contribution in [0.25, 0.3) is 0 Å². The molecule has 1 saturated heterocycles. The maximum atomic E-state index is 12.2. The molecule has 0 bridgehead atoms. The van der Waals surface area contributed by atoms with Crippen LogP contribution in [0.15, 0.2) is 18.2 Å². The molecule has 6 heteroatoms. The van der Waals surface area contributed by atoms with E-state index in [9.17, 15) is 9.59 Å². The Labute approximate surface area is 116 Å². The van der Waals surface area contributed by atoms with Crippen molar-refractivity contribution in [3.63, 3.8) is 0 Å². The second-order valence-electron chi connectivity index (χ2n) is 5.11. The highest BCUT2D eigenvalue weighted by atomic mass is 16.5. The number of anilines is 1. The fraction of sp³-hybridized carbons (Fsp3) is 0.429.